The Labute approximate surface area is 160 Å². The number of carbonyl (C=O) groups is 1. The van der Waals surface area contributed by atoms with Crippen LogP contribution in [-0.2, 0) is 6.54 Å². The molecule has 3 aromatic rings. The van der Waals surface area contributed by atoms with Crippen molar-refractivity contribution in [3.8, 4) is 0 Å². The molecule has 1 aliphatic rings. The van der Waals surface area contributed by atoms with Gasteiger partial charge >= 0.3 is 0 Å². The van der Waals surface area contributed by atoms with Gasteiger partial charge in [-0.2, -0.15) is 0 Å². The van der Waals surface area contributed by atoms with E-state index < -0.39 is 0 Å². The standard InChI is InChI=1S/C23H25N3O/c27-23(22-10-5-7-19-6-1-2-9-21(19)22)25-16-18-11-14-26(15-12-18)17-20-8-3-4-13-24-20/h1-10,13,18H,11-12,14-17H2,(H,25,27). The summed E-state index contributed by atoms with van der Waals surface area (Å²) in [4.78, 5) is 19.5. The van der Waals surface area contributed by atoms with Gasteiger partial charge in [-0.15, -0.1) is 0 Å². The maximum absolute atomic E-state index is 12.7. The monoisotopic (exact) mass is 359 g/mol. The van der Waals surface area contributed by atoms with E-state index in [9.17, 15) is 4.79 Å². The largest absolute Gasteiger partial charge is 0.352 e. The van der Waals surface area contributed by atoms with Crippen molar-refractivity contribution >= 4 is 16.7 Å². The number of hydrogen-bond acceptors (Lipinski definition) is 3. The quantitative estimate of drug-likeness (QED) is 0.752. The number of nitrogens with zero attached hydrogens (tertiary/aromatic N) is 2. The minimum Gasteiger partial charge on any atom is -0.352 e. The Kier molecular flexibility index (Phi) is 5.45. The lowest BCUT2D eigenvalue weighted by molar-refractivity contribution is 0.0936. The van der Waals surface area contributed by atoms with Gasteiger partial charge in [0.25, 0.3) is 5.91 Å². The van der Waals surface area contributed by atoms with Gasteiger partial charge in [-0.1, -0.05) is 42.5 Å². The first-order valence-corrected chi connectivity index (χ1v) is 9.68. The molecule has 1 aliphatic heterocycles. The molecule has 4 heteroatoms. The predicted octanol–water partition coefficient (Wildman–Crippen LogP) is 3.88. The van der Waals surface area contributed by atoms with Crippen LogP contribution in [0.3, 0.4) is 0 Å². The summed E-state index contributed by atoms with van der Waals surface area (Å²) in [5.41, 5.74) is 1.89. The fraction of sp³-hybridized carbons (Fsp3) is 0.304. The van der Waals surface area contributed by atoms with E-state index in [1.807, 2.05) is 60.8 Å². The van der Waals surface area contributed by atoms with E-state index in [0.29, 0.717) is 5.92 Å². The van der Waals surface area contributed by atoms with E-state index in [1.54, 1.807) is 0 Å². The molecule has 0 atom stereocenters. The van der Waals surface area contributed by atoms with Crippen molar-refractivity contribution in [2.45, 2.75) is 19.4 Å². The van der Waals surface area contributed by atoms with Crippen LogP contribution in [0, 0.1) is 5.92 Å². The zero-order valence-electron chi connectivity index (χ0n) is 15.5. The fourth-order valence-corrected chi connectivity index (χ4v) is 3.83. The minimum atomic E-state index is 0.0303. The van der Waals surface area contributed by atoms with Crippen LogP contribution >= 0.6 is 0 Å². The lowest BCUT2D eigenvalue weighted by atomic mass is 9.96. The number of aromatic nitrogens is 1. The van der Waals surface area contributed by atoms with Crippen molar-refractivity contribution in [3.63, 3.8) is 0 Å². The number of fused-ring (bicyclic) bond motifs is 1. The maximum Gasteiger partial charge on any atom is 0.251 e. The molecule has 138 valence electrons. The van der Waals surface area contributed by atoms with Crippen molar-refractivity contribution in [1.82, 2.24) is 15.2 Å². The van der Waals surface area contributed by atoms with Crippen LogP contribution in [0.5, 0.6) is 0 Å². The van der Waals surface area contributed by atoms with Gasteiger partial charge in [0, 0.05) is 24.8 Å². The summed E-state index contributed by atoms with van der Waals surface area (Å²) >= 11 is 0. The number of carbonyl (C=O) groups excluding carboxylic acids is 1. The summed E-state index contributed by atoms with van der Waals surface area (Å²) < 4.78 is 0. The normalized spacial score (nSPS) is 15.7. The number of hydrogen-bond donors (Lipinski definition) is 1. The van der Waals surface area contributed by atoms with E-state index in [4.69, 9.17) is 0 Å². The molecular weight excluding hydrogens is 334 g/mol. The van der Waals surface area contributed by atoms with Gasteiger partial charge in [-0.3, -0.25) is 14.7 Å². The molecular formula is C23H25N3O. The molecule has 1 N–H and O–H groups in total. The Bertz CT molecular complexity index is 896. The average molecular weight is 359 g/mol. The number of benzene rings is 2. The third-order valence-corrected chi connectivity index (χ3v) is 5.40. The second-order valence-corrected chi connectivity index (χ2v) is 7.28. The summed E-state index contributed by atoms with van der Waals surface area (Å²) in [5.74, 6) is 0.576. The van der Waals surface area contributed by atoms with Crippen molar-refractivity contribution < 1.29 is 4.79 Å². The number of piperidine rings is 1. The Morgan fingerprint density at radius 3 is 2.59 bits per heavy atom. The van der Waals surface area contributed by atoms with Crippen LogP contribution in [0.25, 0.3) is 10.8 Å². The zero-order valence-corrected chi connectivity index (χ0v) is 15.5. The average Bonchev–Trinajstić information content (AvgIpc) is 2.73. The molecule has 0 radical (unpaired) electrons. The highest BCUT2D eigenvalue weighted by molar-refractivity contribution is 6.06. The molecule has 2 heterocycles. The molecule has 27 heavy (non-hydrogen) atoms. The number of pyridine rings is 1. The second-order valence-electron chi connectivity index (χ2n) is 7.28. The minimum absolute atomic E-state index is 0.0303. The van der Waals surface area contributed by atoms with Crippen molar-refractivity contribution in [2.24, 2.45) is 5.92 Å². The second kappa shape index (κ2) is 8.31. The molecule has 0 aliphatic carbocycles. The smallest absolute Gasteiger partial charge is 0.251 e. The molecule has 1 amide bonds. The maximum atomic E-state index is 12.7. The van der Waals surface area contributed by atoms with Crippen molar-refractivity contribution in [3.05, 3.63) is 78.1 Å². The first kappa shape index (κ1) is 17.7. The van der Waals surface area contributed by atoms with E-state index >= 15 is 0 Å². The van der Waals surface area contributed by atoms with Crippen LogP contribution in [0.15, 0.2) is 66.9 Å². The van der Waals surface area contributed by atoms with Gasteiger partial charge < -0.3 is 5.32 Å². The first-order valence-electron chi connectivity index (χ1n) is 9.68. The third kappa shape index (κ3) is 4.34. The van der Waals surface area contributed by atoms with Crippen LogP contribution in [0.1, 0.15) is 28.9 Å². The highest BCUT2D eigenvalue weighted by Gasteiger charge is 2.20. The van der Waals surface area contributed by atoms with Crippen LogP contribution in [0.2, 0.25) is 0 Å². The van der Waals surface area contributed by atoms with Gasteiger partial charge in [0.1, 0.15) is 0 Å². The molecule has 1 saturated heterocycles. The van der Waals surface area contributed by atoms with Gasteiger partial charge in [-0.05, 0) is 60.8 Å². The van der Waals surface area contributed by atoms with E-state index in [0.717, 1.165) is 61.1 Å². The lowest BCUT2D eigenvalue weighted by Crippen LogP contribution is -2.38. The van der Waals surface area contributed by atoms with Gasteiger partial charge in [-0.25, -0.2) is 0 Å². The number of nitrogens with one attached hydrogen (secondary N) is 1. The summed E-state index contributed by atoms with van der Waals surface area (Å²) in [7, 11) is 0. The number of rotatable bonds is 5. The van der Waals surface area contributed by atoms with Gasteiger partial charge in [0.2, 0.25) is 0 Å². The third-order valence-electron chi connectivity index (χ3n) is 5.40. The summed E-state index contributed by atoms with van der Waals surface area (Å²) in [6, 6.07) is 20.0. The first-order chi connectivity index (χ1) is 13.3. The molecule has 0 saturated carbocycles. The molecule has 0 bridgehead atoms. The molecule has 1 aromatic heterocycles. The summed E-state index contributed by atoms with van der Waals surface area (Å²) in [5, 5.41) is 5.28. The molecule has 2 aromatic carbocycles. The topological polar surface area (TPSA) is 45.2 Å². The molecule has 4 rings (SSSR count). The summed E-state index contributed by atoms with van der Waals surface area (Å²) in [6.07, 6.45) is 4.08. The van der Waals surface area contributed by atoms with E-state index in [-0.39, 0.29) is 5.91 Å². The lowest BCUT2D eigenvalue weighted by Gasteiger charge is -2.31. The Balaban J connectivity index is 1.29. The SMILES string of the molecule is O=C(NCC1CCN(Cc2ccccn2)CC1)c1cccc2ccccc12. The van der Waals surface area contributed by atoms with E-state index in [1.165, 1.54) is 0 Å². The molecule has 4 nitrogen and oxygen atoms in total. The number of amides is 1. The van der Waals surface area contributed by atoms with Crippen molar-refractivity contribution in [1.29, 1.82) is 0 Å². The summed E-state index contributed by atoms with van der Waals surface area (Å²) in [6.45, 7) is 3.78. The highest BCUT2D eigenvalue weighted by Crippen LogP contribution is 2.20. The highest BCUT2D eigenvalue weighted by atomic mass is 16.1. The number of likely N-dealkylation sites (tertiary alicyclic amines) is 1. The fourth-order valence-electron chi connectivity index (χ4n) is 3.83. The van der Waals surface area contributed by atoms with Crippen LogP contribution < -0.4 is 5.32 Å². The van der Waals surface area contributed by atoms with E-state index in [2.05, 4.69) is 21.3 Å². The Hall–Kier alpha value is -2.72. The zero-order chi connectivity index (χ0) is 18.5. The van der Waals surface area contributed by atoms with Crippen LogP contribution in [0.4, 0.5) is 0 Å². The molecule has 1 fully saturated rings. The Morgan fingerprint density at radius 2 is 1.78 bits per heavy atom. The van der Waals surface area contributed by atoms with Crippen LogP contribution in [-0.4, -0.2) is 35.4 Å². The van der Waals surface area contributed by atoms with Gasteiger partial charge in [0.15, 0.2) is 0 Å². The molecule has 0 unspecified atom stereocenters. The molecule has 0 spiro atoms. The van der Waals surface area contributed by atoms with Crippen molar-refractivity contribution in [2.75, 3.05) is 19.6 Å². The van der Waals surface area contributed by atoms with Gasteiger partial charge in [0.05, 0.1) is 5.69 Å². The Morgan fingerprint density at radius 1 is 1.00 bits per heavy atom. The predicted molar refractivity (Wildman–Crippen MR) is 109 cm³/mol.